The second-order valence-electron chi connectivity index (χ2n) is 5.65. The number of nitrogens with two attached hydrogens (primary N) is 1. The van der Waals surface area contributed by atoms with E-state index in [-0.39, 0.29) is 12.1 Å². The summed E-state index contributed by atoms with van der Waals surface area (Å²) in [7, 11) is 2.18. The molecule has 2 N–H and O–H groups in total. The molecule has 0 aliphatic heterocycles. The summed E-state index contributed by atoms with van der Waals surface area (Å²) in [5.74, 6) is 0.847. The third-order valence-electron chi connectivity index (χ3n) is 3.98. The van der Waals surface area contributed by atoms with Crippen molar-refractivity contribution in [1.82, 2.24) is 9.88 Å². The molecule has 2 rings (SSSR count). The second-order valence-corrected chi connectivity index (χ2v) is 5.65. The van der Waals surface area contributed by atoms with Crippen molar-refractivity contribution in [2.75, 3.05) is 13.6 Å². The third kappa shape index (κ3) is 3.30. The first kappa shape index (κ1) is 13.5. The second kappa shape index (κ2) is 6.30. The summed E-state index contributed by atoms with van der Waals surface area (Å²) in [6, 6.07) is 6.41. The van der Waals surface area contributed by atoms with E-state index in [2.05, 4.69) is 29.9 Å². The van der Waals surface area contributed by atoms with E-state index >= 15 is 0 Å². The molecule has 0 radical (unpaired) electrons. The van der Waals surface area contributed by atoms with E-state index in [0.29, 0.717) is 0 Å². The van der Waals surface area contributed by atoms with Gasteiger partial charge < -0.3 is 5.73 Å². The number of likely N-dealkylation sites (N-methyl/N-ethyl adjacent to an activating group) is 1. The zero-order chi connectivity index (χ0) is 13.0. The predicted molar refractivity (Wildman–Crippen MR) is 75.2 cm³/mol. The molecule has 1 aromatic rings. The fraction of sp³-hybridized carbons (Fsp3) is 0.667. The molecular formula is C15H25N3. The van der Waals surface area contributed by atoms with E-state index in [1.54, 1.807) is 0 Å². The lowest BCUT2D eigenvalue weighted by atomic mass is 10.0. The summed E-state index contributed by atoms with van der Waals surface area (Å²) in [6.45, 7) is 3.22. The normalized spacial score (nSPS) is 20.2. The van der Waals surface area contributed by atoms with E-state index in [4.69, 9.17) is 5.73 Å². The van der Waals surface area contributed by atoms with Crippen LogP contribution in [0.3, 0.4) is 0 Å². The number of rotatable bonds is 5. The van der Waals surface area contributed by atoms with Gasteiger partial charge in [0.05, 0.1) is 11.7 Å². The topological polar surface area (TPSA) is 42.1 Å². The van der Waals surface area contributed by atoms with Crippen LogP contribution in [0.2, 0.25) is 0 Å². The molecular weight excluding hydrogens is 222 g/mol. The van der Waals surface area contributed by atoms with Gasteiger partial charge in [-0.1, -0.05) is 18.9 Å². The highest BCUT2D eigenvalue weighted by Crippen LogP contribution is 2.28. The molecule has 1 saturated carbocycles. The predicted octanol–water partition coefficient (Wildman–Crippen LogP) is 2.59. The van der Waals surface area contributed by atoms with Crippen molar-refractivity contribution < 1.29 is 0 Å². The summed E-state index contributed by atoms with van der Waals surface area (Å²) in [5.41, 5.74) is 7.25. The van der Waals surface area contributed by atoms with Gasteiger partial charge in [0.25, 0.3) is 0 Å². The van der Waals surface area contributed by atoms with Gasteiger partial charge >= 0.3 is 0 Å². The molecule has 0 bridgehead atoms. The van der Waals surface area contributed by atoms with Crippen molar-refractivity contribution in [1.29, 1.82) is 0 Å². The Hall–Kier alpha value is -0.930. The lowest BCUT2D eigenvalue weighted by molar-refractivity contribution is 0.184. The Labute approximate surface area is 110 Å². The van der Waals surface area contributed by atoms with Crippen molar-refractivity contribution in [2.24, 2.45) is 11.7 Å². The van der Waals surface area contributed by atoms with Crippen LogP contribution in [0.4, 0.5) is 0 Å². The number of pyridine rings is 1. The summed E-state index contributed by atoms with van der Waals surface area (Å²) in [5, 5.41) is 0. The van der Waals surface area contributed by atoms with E-state index in [0.717, 1.165) is 18.2 Å². The van der Waals surface area contributed by atoms with Gasteiger partial charge in [0.2, 0.25) is 0 Å². The molecule has 3 heteroatoms. The van der Waals surface area contributed by atoms with Crippen molar-refractivity contribution in [3.63, 3.8) is 0 Å². The number of hydrogen-bond donors (Lipinski definition) is 1. The minimum Gasteiger partial charge on any atom is -0.326 e. The Morgan fingerprint density at radius 3 is 2.67 bits per heavy atom. The first-order chi connectivity index (χ1) is 8.68. The molecule has 18 heavy (non-hydrogen) atoms. The Morgan fingerprint density at radius 2 is 2.11 bits per heavy atom. The SMILES string of the molecule is CC(N)C(c1ccccn1)N(C)CC1CCCC1. The molecule has 100 valence electrons. The zero-order valence-corrected chi connectivity index (χ0v) is 11.5. The smallest absolute Gasteiger partial charge is 0.0668 e. The number of nitrogens with zero attached hydrogens (tertiary/aromatic N) is 2. The highest BCUT2D eigenvalue weighted by Gasteiger charge is 2.25. The number of hydrogen-bond acceptors (Lipinski definition) is 3. The monoisotopic (exact) mass is 247 g/mol. The largest absolute Gasteiger partial charge is 0.326 e. The van der Waals surface area contributed by atoms with Crippen LogP contribution < -0.4 is 5.73 Å². The maximum absolute atomic E-state index is 6.16. The Kier molecular flexibility index (Phi) is 4.72. The molecule has 1 fully saturated rings. The number of aromatic nitrogens is 1. The zero-order valence-electron chi connectivity index (χ0n) is 11.5. The summed E-state index contributed by atoms with van der Waals surface area (Å²) >= 11 is 0. The van der Waals surface area contributed by atoms with Crippen LogP contribution in [-0.2, 0) is 0 Å². The van der Waals surface area contributed by atoms with E-state index < -0.39 is 0 Å². The first-order valence-electron chi connectivity index (χ1n) is 7.05. The quantitative estimate of drug-likeness (QED) is 0.869. The van der Waals surface area contributed by atoms with Gasteiger partial charge in [0, 0.05) is 18.8 Å². The summed E-state index contributed by atoms with van der Waals surface area (Å²) in [4.78, 5) is 6.87. The van der Waals surface area contributed by atoms with E-state index in [1.807, 2.05) is 18.3 Å². The van der Waals surface area contributed by atoms with Gasteiger partial charge in [-0.2, -0.15) is 0 Å². The minimum absolute atomic E-state index is 0.103. The molecule has 0 aromatic carbocycles. The van der Waals surface area contributed by atoms with E-state index in [1.165, 1.54) is 25.7 Å². The van der Waals surface area contributed by atoms with Crippen molar-refractivity contribution in [2.45, 2.75) is 44.7 Å². The van der Waals surface area contributed by atoms with Crippen LogP contribution in [0.5, 0.6) is 0 Å². The van der Waals surface area contributed by atoms with Gasteiger partial charge in [0.15, 0.2) is 0 Å². The van der Waals surface area contributed by atoms with Crippen LogP contribution in [-0.4, -0.2) is 29.5 Å². The third-order valence-corrected chi connectivity index (χ3v) is 3.98. The molecule has 1 aliphatic rings. The first-order valence-corrected chi connectivity index (χ1v) is 7.05. The van der Waals surface area contributed by atoms with Crippen LogP contribution >= 0.6 is 0 Å². The maximum Gasteiger partial charge on any atom is 0.0668 e. The average Bonchev–Trinajstić information content (AvgIpc) is 2.83. The molecule has 1 aliphatic carbocycles. The van der Waals surface area contributed by atoms with Crippen LogP contribution in [0, 0.1) is 5.92 Å². The molecule has 2 unspecified atom stereocenters. The maximum atomic E-state index is 6.16. The molecule has 3 nitrogen and oxygen atoms in total. The molecule has 0 amide bonds. The fourth-order valence-electron chi connectivity index (χ4n) is 3.16. The molecule has 0 saturated heterocycles. The Morgan fingerprint density at radius 1 is 1.39 bits per heavy atom. The van der Waals surface area contributed by atoms with Crippen molar-refractivity contribution in [3.05, 3.63) is 30.1 Å². The Bertz CT molecular complexity index is 344. The Balaban J connectivity index is 2.05. The van der Waals surface area contributed by atoms with Crippen LogP contribution in [0.25, 0.3) is 0 Å². The lowest BCUT2D eigenvalue weighted by Crippen LogP contribution is -2.39. The van der Waals surface area contributed by atoms with Gasteiger partial charge in [-0.15, -0.1) is 0 Å². The summed E-state index contributed by atoms with van der Waals surface area (Å²) in [6.07, 6.45) is 7.39. The van der Waals surface area contributed by atoms with Gasteiger partial charge in [0.1, 0.15) is 0 Å². The highest BCUT2D eigenvalue weighted by molar-refractivity contribution is 5.11. The molecule has 2 atom stereocenters. The fourth-order valence-corrected chi connectivity index (χ4v) is 3.16. The van der Waals surface area contributed by atoms with Gasteiger partial charge in [-0.05, 0) is 44.9 Å². The van der Waals surface area contributed by atoms with Crippen LogP contribution in [0.1, 0.15) is 44.3 Å². The molecule has 1 aromatic heterocycles. The van der Waals surface area contributed by atoms with Gasteiger partial charge in [-0.25, -0.2) is 0 Å². The van der Waals surface area contributed by atoms with E-state index in [9.17, 15) is 0 Å². The lowest BCUT2D eigenvalue weighted by Gasteiger charge is -2.32. The van der Waals surface area contributed by atoms with Crippen molar-refractivity contribution >= 4 is 0 Å². The minimum atomic E-state index is 0.103. The van der Waals surface area contributed by atoms with Crippen molar-refractivity contribution in [3.8, 4) is 0 Å². The van der Waals surface area contributed by atoms with Crippen LogP contribution in [0.15, 0.2) is 24.4 Å². The molecule has 0 spiro atoms. The highest BCUT2D eigenvalue weighted by atomic mass is 15.2. The summed E-state index contributed by atoms with van der Waals surface area (Å²) < 4.78 is 0. The average molecular weight is 247 g/mol. The molecule has 1 heterocycles. The standard InChI is InChI=1S/C15H25N3/c1-12(16)15(14-9-5-6-10-17-14)18(2)11-13-7-3-4-8-13/h5-6,9-10,12-13,15H,3-4,7-8,11,16H2,1-2H3. The van der Waals surface area contributed by atoms with Gasteiger partial charge in [-0.3, -0.25) is 9.88 Å².